The number of benzene rings is 1. The average Bonchev–Trinajstić information content (AvgIpc) is 2.22. The molecule has 0 atom stereocenters. The van der Waals surface area contributed by atoms with E-state index in [1.807, 2.05) is 26.0 Å². The molecule has 0 radical (unpaired) electrons. The minimum absolute atomic E-state index is 0.0152. The molecule has 18 heavy (non-hydrogen) atoms. The van der Waals surface area contributed by atoms with Crippen molar-refractivity contribution >= 4 is 29.1 Å². The van der Waals surface area contributed by atoms with Crippen molar-refractivity contribution in [2.45, 2.75) is 32.4 Å². The van der Waals surface area contributed by atoms with Crippen molar-refractivity contribution in [3.8, 4) is 0 Å². The fraction of sp³-hybridized carbons (Fsp3) is 0.462. The summed E-state index contributed by atoms with van der Waals surface area (Å²) in [6.07, 6.45) is 0.293. The lowest BCUT2D eigenvalue weighted by molar-refractivity contribution is -0.131. The van der Waals surface area contributed by atoms with Gasteiger partial charge in [0, 0.05) is 25.6 Å². The minimum Gasteiger partial charge on any atom is -0.341 e. The first-order valence-electron chi connectivity index (χ1n) is 5.66. The second kappa shape index (κ2) is 5.91. The van der Waals surface area contributed by atoms with Gasteiger partial charge in [-0.2, -0.15) is 0 Å². The van der Waals surface area contributed by atoms with Crippen LogP contribution in [0.3, 0.4) is 0 Å². The van der Waals surface area contributed by atoms with Crippen molar-refractivity contribution in [3.05, 3.63) is 33.8 Å². The summed E-state index contributed by atoms with van der Waals surface area (Å²) in [7, 11) is 1.73. The van der Waals surface area contributed by atoms with E-state index in [1.54, 1.807) is 18.0 Å². The van der Waals surface area contributed by atoms with E-state index in [2.05, 4.69) is 0 Å². The van der Waals surface area contributed by atoms with Gasteiger partial charge in [-0.1, -0.05) is 35.3 Å². The second-order valence-corrected chi connectivity index (χ2v) is 5.91. The zero-order valence-electron chi connectivity index (χ0n) is 10.8. The third-order valence-corrected chi connectivity index (χ3v) is 3.33. The summed E-state index contributed by atoms with van der Waals surface area (Å²) in [4.78, 5) is 13.5. The predicted octanol–water partition coefficient (Wildman–Crippen LogP) is 3.08. The van der Waals surface area contributed by atoms with Crippen LogP contribution in [0.15, 0.2) is 18.2 Å². The van der Waals surface area contributed by atoms with Crippen molar-refractivity contribution in [1.82, 2.24) is 4.90 Å². The number of rotatable bonds is 4. The molecule has 0 saturated carbocycles. The van der Waals surface area contributed by atoms with Crippen LogP contribution in [0.2, 0.25) is 10.0 Å². The summed E-state index contributed by atoms with van der Waals surface area (Å²) in [5.74, 6) is -0.0152. The summed E-state index contributed by atoms with van der Waals surface area (Å²) in [5.41, 5.74) is 6.15. The number of halogens is 2. The molecule has 0 heterocycles. The Morgan fingerprint density at radius 3 is 2.56 bits per heavy atom. The SMILES string of the molecule is CN(Cc1cccc(Cl)c1Cl)C(=O)CC(C)(C)N. The van der Waals surface area contributed by atoms with Gasteiger partial charge in [0.15, 0.2) is 0 Å². The molecule has 0 aliphatic rings. The molecule has 1 aromatic rings. The van der Waals surface area contributed by atoms with Gasteiger partial charge in [0.2, 0.25) is 5.91 Å². The molecule has 0 saturated heterocycles. The fourth-order valence-electron chi connectivity index (χ4n) is 1.54. The normalized spacial score (nSPS) is 11.4. The predicted molar refractivity (Wildman–Crippen MR) is 75.8 cm³/mol. The van der Waals surface area contributed by atoms with Crippen LogP contribution in [-0.2, 0) is 11.3 Å². The van der Waals surface area contributed by atoms with Crippen LogP contribution in [0.1, 0.15) is 25.8 Å². The largest absolute Gasteiger partial charge is 0.341 e. The van der Waals surface area contributed by atoms with E-state index in [1.165, 1.54) is 0 Å². The van der Waals surface area contributed by atoms with Gasteiger partial charge in [0.05, 0.1) is 10.0 Å². The number of carbonyl (C=O) groups excluding carboxylic acids is 1. The first-order valence-corrected chi connectivity index (χ1v) is 6.42. The monoisotopic (exact) mass is 288 g/mol. The standard InChI is InChI=1S/C13H18Cl2N2O/c1-13(2,16)7-11(18)17(3)8-9-5-4-6-10(14)12(9)15/h4-6H,7-8,16H2,1-3H3. The fourth-order valence-corrected chi connectivity index (χ4v) is 1.92. The summed E-state index contributed by atoms with van der Waals surface area (Å²) in [5, 5.41) is 0.986. The molecular weight excluding hydrogens is 271 g/mol. The van der Waals surface area contributed by atoms with Crippen molar-refractivity contribution in [2.24, 2.45) is 5.73 Å². The summed E-state index contributed by atoms with van der Waals surface area (Å²) >= 11 is 12.0. The first-order chi connectivity index (χ1) is 8.20. The molecule has 0 bridgehead atoms. The lowest BCUT2D eigenvalue weighted by atomic mass is 10.0. The Hall–Kier alpha value is -0.770. The maximum atomic E-state index is 11.9. The van der Waals surface area contributed by atoms with E-state index in [0.29, 0.717) is 23.0 Å². The van der Waals surface area contributed by atoms with Gasteiger partial charge in [0.1, 0.15) is 0 Å². The molecular formula is C13H18Cl2N2O. The molecule has 5 heteroatoms. The molecule has 0 unspecified atom stereocenters. The molecule has 0 aliphatic heterocycles. The third kappa shape index (κ3) is 4.48. The Morgan fingerprint density at radius 2 is 2.00 bits per heavy atom. The van der Waals surface area contributed by atoms with E-state index in [4.69, 9.17) is 28.9 Å². The van der Waals surface area contributed by atoms with E-state index < -0.39 is 5.54 Å². The first kappa shape index (κ1) is 15.3. The number of hydrogen-bond acceptors (Lipinski definition) is 2. The highest BCUT2D eigenvalue weighted by molar-refractivity contribution is 6.42. The molecule has 0 aliphatic carbocycles. The summed E-state index contributed by atoms with van der Waals surface area (Å²) in [6.45, 7) is 4.07. The van der Waals surface area contributed by atoms with Crippen LogP contribution in [-0.4, -0.2) is 23.4 Å². The van der Waals surface area contributed by atoms with Gasteiger partial charge in [-0.05, 0) is 25.5 Å². The van der Waals surface area contributed by atoms with Gasteiger partial charge in [-0.25, -0.2) is 0 Å². The highest BCUT2D eigenvalue weighted by Gasteiger charge is 2.20. The molecule has 1 aromatic carbocycles. The average molecular weight is 289 g/mol. The van der Waals surface area contributed by atoms with Crippen LogP contribution in [0.25, 0.3) is 0 Å². The molecule has 3 nitrogen and oxygen atoms in total. The van der Waals surface area contributed by atoms with Crippen LogP contribution in [0.5, 0.6) is 0 Å². The Bertz CT molecular complexity index is 441. The lowest BCUT2D eigenvalue weighted by Gasteiger charge is -2.23. The smallest absolute Gasteiger partial charge is 0.224 e. The summed E-state index contributed by atoms with van der Waals surface area (Å²) in [6, 6.07) is 5.39. The van der Waals surface area contributed by atoms with Crippen molar-refractivity contribution in [2.75, 3.05) is 7.05 Å². The zero-order valence-corrected chi connectivity index (χ0v) is 12.3. The highest BCUT2D eigenvalue weighted by Crippen LogP contribution is 2.26. The maximum Gasteiger partial charge on any atom is 0.224 e. The van der Waals surface area contributed by atoms with E-state index >= 15 is 0 Å². The Morgan fingerprint density at radius 1 is 1.39 bits per heavy atom. The van der Waals surface area contributed by atoms with Gasteiger partial charge < -0.3 is 10.6 Å². The highest BCUT2D eigenvalue weighted by atomic mass is 35.5. The van der Waals surface area contributed by atoms with Gasteiger partial charge in [-0.3, -0.25) is 4.79 Å². The number of hydrogen-bond donors (Lipinski definition) is 1. The van der Waals surface area contributed by atoms with E-state index in [9.17, 15) is 4.79 Å². The Labute approximate surface area is 118 Å². The second-order valence-electron chi connectivity index (χ2n) is 5.13. The van der Waals surface area contributed by atoms with E-state index in [-0.39, 0.29) is 5.91 Å². The molecule has 100 valence electrons. The van der Waals surface area contributed by atoms with Crippen LogP contribution in [0.4, 0.5) is 0 Å². The molecule has 1 amide bonds. The quantitative estimate of drug-likeness (QED) is 0.926. The van der Waals surface area contributed by atoms with Crippen molar-refractivity contribution in [3.63, 3.8) is 0 Å². The van der Waals surface area contributed by atoms with Crippen LogP contribution >= 0.6 is 23.2 Å². The van der Waals surface area contributed by atoms with E-state index in [0.717, 1.165) is 5.56 Å². The molecule has 0 fully saturated rings. The number of carbonyl (C=O) groups is 1. The number of nitrogens with zero attached hydrogens (tertiary/aromatic N) is 1. The molecule has 2 N–H and O–H groups in total. The zero-order chi connectivity index (χ0) is 13.9. The maximum absolute atomic E-state index is 11.9. The summed E-state index contributed by atoms with van der Waals surface area (Å²) < 4.78 is 0. The molecule has 0 aromatic heterocycles. The lowest BCUT2D eigenvalue weighted by Crippen LogP contribution is -2.39. The van der Waals surface area contributed by atoms with Gasteiger partial charge >= 0.3 is 0 Å². The molecule has 1 rings (SSSR count). The Balaban J connectivity index is 2.73. The van der Waals surface area contributed by atoms with Crippen molar-refractivity contribution in [1.29, 1.82) is 0 Å². The van der Waals surface area contributed by atoms with Crippen LogP contribution < -0.4 is 5.73 Å². The minimum atomic E-state index is -0.510. The van der Waals surface area contributed by atoms with Crippen LogP contribution in [0, 0.1) is 0 Å². The third-order valence-electron chi connectivity index (χ3n) is 2.47. The molecule has 0 spiro atoms. The van der Waals surface area contributed by atoms with Crippen molar-refractivity contribution < 1.29 is 4.79 Å². The van der Waals surface area contributed by atoms with Gasteiger partial charge in [-0.15, -0.1) is 0 Å². The topological polar surface area (TPSA) is 46.3 Å². The Kier molecular flexibility index (Phi) is 5.02. The van der Waals surface area contributed by atoms with Gasteiger partial charge in [0.25, 0.3) is 0 Å². The number of nitrogens with two attached hydrogens (primary N) is 1. The number of amides is 1.